The van der Waals surface area contributed by atoms with Crippen LogP contribution in [-0.2, 0) is 4.79 Å². The van der Waals surface area contributed by atoms with Crippen LogP contribution >= 0.6 is 15.9 Å². The molecule has 0 fully saturated rings. The zero-order chi connectivity index (χ0) is 14.3. The topological polar surface area (TPSA) is 66.8 Å². The van der Waals surface area contributed by atoms with Gasteiger partial charge in [0.2, 0.25) is 0 Å². The molecular formula is C14H19BrO4. The zero-order valence-electron chi connectivity index (χ0n) is 10.9. The fraction of sp³-hybridized carbons (Fsp3) is 0.500. The molecule has 1 rings (SSSR count). The van der Waals surface area contributed by atoms with Crippen LogP contribution in [0.25, 0.3) is 0 Å². The lowest BCUT2D eigenvalue weighted by atomic mass is 9.95. The molecule has 2 unspecified atom stereocenters. The third-order valence-corrected chi connectivity index (χ3v) is 3.36. The first-order valence-electron chi connectivity index (χ1n) is 6.23. The maximum Gasteiger partial charge on any atom is 0.303 e. The number of carboxylic acid groups (broad SMARTS) is 1. The van der Waals surface area contributed by atoms with Gasteiger partial charge in [-0.25, -0.2) is 0 Å². The van der Waals surface area contributed by atoms with E-state index in [1.165, 1.54) is 0 Å². The van der Waals surface area contributed by atoms with Gasteiger partial charge in [0.25, 0.3) is 0 Å². The number of aliphatic hydroxyl groups is 1. The molecule has 106 valence electrons. The van der Waals surface area contributed by atoms with E-state index in [9.17, 15) is 9.90 Å². The van der Waals surface area contributed by atoms with Gasteiger partial charge < -0.3 is 14.9 Å². The highest BCUT2D eigenvalue weighted by Crippen LogP contribution is 2.26. The lowest BCUT2D eigenvalue weighted by Crippen LogP contribution is -2.13. The van der Waals surface area contributed by atoms with Crippen molar-refractivity contribution in [2.75, 3.05) is 11.9 Å². The smallest absolute Gasteiger partial charge is 0.303 e. The highest BCUT2D eigenvalue weighted by atomic mass is 79.9. The third kappa shape index (κ3) is 5.61. The summed E-state index contributed by atoms with van der Waals surface area (Å²) in [6.07, 6.45) is 0.109. The Hall–Kier alpha value is -1.07. The zero-order valence-corrected chi connectivity index (χ0v) is 12.5. The Bertz CT molecular complexity index is 391. The van der Waals surface area contributed by atoms with E-state index in [0.717, 1.165) is 17.5 Å². The van der Waals surface area contributed by atoms with Gasteiger partial charge in [-0.15, -0.1) is 0 Å². The van der Waals surface area contributed by atoms with Gasteiger partial charge in [0, 0.05) is 5.33 Å². The summed E-state index contributed by atoms with van der Waals surface area (Å²) in [5.74, 6) is -0.471. The van der Waals surface area contributed by atoms with Crippen molar-refractivity contribution in [2.24, 2.45) is 5.92 Å². The molecule has 0 bridgehead atoms. The number of alkyl halides is 1. The summed E-state index contributed by atoms with van der Waals surface area (Å²) in [5, 5.41) is 19.6. The average molecular weight is 331 g/mol. The summed E-state index contributed by atoms with van der Waals surface area (Å²) < 4.78 is 5.50. The quantitative estimate of drug-likeness (QED) is 0.568. The third-order valence-electron chi connectivity index (χ3n) is 2.80. The van der Waals surface area contributed by atoms with Crippen molar-refractivity contribution in [1.82, 2.24) is 0 Å². The largest absolute Gasteiger partial charge is 0.494 e. The highest BCUT2D eigenvalue weighted by Gasteiger charge is 2.19. The van der Waals surface area contributed by atoms with Crippen molar-refractivity contribution in [1.29, 1.82) is 0 Å². The molecule has 1 aromatic rings. The van der Waals surface area contributed by atoms with Crippen LogP contribution < -0.4 is 4.74 Å². The number of aliphatic hydroxyl groups excluding tert-OH is 1. The van der Waals surface area contributed by atoms with Crippen molar-refractivity contribution in [3.63, 3.8) is 0 Å². The monoisotopic (exact) mass is 330 g/mol. The SMILES string of the molecule is CC(CC(=O)O)C(O)c1ccc(OCCCBr)cc1. The van der Waals surface area contributed by atoms with Crippen LogP contribution in [0.3, 0.4) is 0 Å². The summed E-state index contributed by atoms with van der Waals surface area (Å²) >= 11 is 3.33. The predicted octanol–water partition coefficient (Wildman–Crippen LogP) is 2.99. The summed E-state index contributed by atoms with van der Waals surface area (Å²) in [6.45, 7) is 2.36. The van der Waals surface area contributed by atoms with Crippen LogP contribution in [-0.4, -0.2) is 28.1 Å². The van der Waals surface area contributed by atoms with Crippen LogP contribution in [0.2, 0.25) is 0 Å². The number of hydrogen-bond donors (Lipinski definition) is 2. The summed E-state index contributed by atoms with van der Waals surface area (Å²) in [6, 6.07) is 7.12. The maximum atomic E-state index is 10.6. The Kier molecular flexibility index (Phi) is 6.87. The molecule has 0 spiro atoms. The first kappa shape index (κ1) is 16.0. The second-order valence-electron chi connectivity index (χ2n) is 4.48. The fourth-order valence-electron chi connectivity index (χ4n) is 1.72. The van der Waals surface area contributed by atoms with Crippen LogP contribution in [0.4, 0.5) is 0 Å². The number of ether oxygens (including phenoxy) is 1. The molecule has 0 radical (unpaired) electrons. The lowest BCUT2D eigenvalue weighted by Gasteiger charge is -2.17. The lowest BCUT2D eigenvalue weighted by molar-refractivity contribution is -0.139. The maximum absolute atomic E-state index is 10.6. The first-order valence-corrected chi connectivity index (χ1v) is 7.35. The van der Waals surface area contributed by atoms with E-state index < -0.39 is 12.1 Å². The number of rotatable bonds is 8. The molecule has 1 aromatic carbocycles. The van der Waals surface area contributed by atoms with E-state index in [1.807, 2.05) is 0 Å². The minimum Gasteiger partial charge on any atom is -0.494 e. The Labute approximate surface area is 121 Å². The molecule has 0 aliphatic heterocycles. The number of carboxylic acids is 1. The number of aliphatic carboxylic acids is 1. The average Bonchev–Trinajstić information content (AvgIpc) is 2.38. The molecule has 0 aliphatic rings. The molecule has 0 saturated carbocycles. The van der Waals surface area contributed by atoms with Crippen LogP contribution in [0.5, 0.6) is 5.75 Å². The Morgan fingerprint density at radius 2 is 2.00 bits per heavy atom. The van der Waals surface area contributed by atoms with Gasteiger partial charge in [-0.3, -0.25) is 4.79 Å². The Balaban J connectivity index is 2.57. The van der Waals surface area contributed by atoms with Gasteiger partial charge in [-0.2, -0.15) is 0 Å². The molecule has 0 amide bonds. The van der Waals surface area contributed by atoms with Gasteiger partial charge in [0.15, 0.2) is 0 Å². The molecular weight excluding hydrogens is 312 g/mol. The van der Waals surface area contributed by atoms with Crippen molar-refractivity contribution >= 4 is 21.9 Å². The number of halogens is 1. The van der Waals surface area contributed by atoms with Crippen molar-refractivity contribution < 1.29 is 19.7 Å². The first-order chi connectivity index (χ1) is 9.04. The van der Waals surface area contributed by atoms with E-state index in [-0.39, 0.29) is 12.3 Å². The van der Waals surface area contributed by atoms with Crippen molar-refractivity contribution in [3.8, 4) is 5.75 Å². The standard InChI is InChI=1S/C14H19BrO4/c1-10(9-13(16)17)14(18)11-3-5-12(6-4-11)19-8-2-7-15/h3-6,10,14,18H,2,7-9H2,1H3,(H,16,17). The molecule has 0 heterocycles. The van der Waals surface area contributed by atoms with Crippen molar-refractivity contribution in [2.45, 2.75) is 25.9 Å². The van der Waals surface area contributed by atoms with E-state index in [2.05, 4.69) is 15.9 Å². The Morgan fingerprint density at radius 3 is 2.53 bits per heavy atom. The minimum absolute atomic E-state index is 0.0509. The van der Waals surface area contributed by atoms with Gasteiger partial charge in [0.1, 0.15) is 5.75 Å². The van der Waals surface area contributed by atoms with E-state index in [1.54, 1.807) is 31.2 Å². The minimum atomic E-state index is -0.902. The number of benzene rings is 1. The Morgan fingerprint density at radius 1 is 1.37 bits per heavy atom. The molecule has 0 aromatic heterocycles. The molecule has 5 heteroatoms. The predicted molar refractivity (Wildman–Crippen MR) is 76.7 cm³/mol. The molecule has 2 N–H and O–H groups in total. The summed E-state index contributed by atoms with van der Waals surface area (Å²) in [4.78, 5) is 10.6. The van der Waals surface area contributed by atoms with E-state index in [0.29, 0.717) is 12.2 Å². The summed E-state index contributed by atoms with van der Waals surface area (Å²) in [5.41, 5.74) is 0.710. The molecule has 4 nitrogen and oxygen atoms in total. The van der Waals surface area contributed by atoms with Crippen molar-refractivity contribution in [3.05, 3.63) is 29.8 Å². The number of carbonyl (C=O) groups is 1. The molecule has 19 heavy (non-hydrogen) atoms. The molecule has 0 saturated heterocycles. The highest BCUT2D eigenvalue weighted by molar-refractivity contribution is 9.09. The van der Waals surface area contributed by atoms with Gasteiger partial charge in [-0.1, -0.05) is 35.0 Å². The van der Waals surface area contributed by atoms with E-state index in [4.69, 9.17) is 9.84 Å². The fourth-order valence-corrected chi connectivity index (χ4v) is 1.95. The van der Waals surface area contributed by atoms with E-state index >= 15 is 0 Å². The summed E-state index contributed by atoms with van der Waals surface area (Å²) in [7, 11) is 0. The van der Waals surface area contributed by atoms with Gasteiger partial charge in [-0.05, 0) is 30.0 Å². The van der Waals surface area contributed by atoms with Gasteiger partial charge >= 0.3 is 5.97 Å². The van der Waals surface area contributed by atoms with Crippen LogP contribution in [0, 0.1) is 5.92 Å². The van der Waals surface area contributed by atoms with Gasteiger partial charge in [0.05, 0.1) is 19.1 Å². The molecule has 0 aliphatic carbocycles. The number of hydrogen-bond acceptors (Lipinski definition) is 3. The second kappa shape index (κ2) is 8.17. The second-order valence-corrected chi connectivity index (χ2v) is 5.27. The normalized spacial score (nSPS) is 13.8. The molecule has 2 atom stereocenters. The van der Waals surface area contributed by atoms with Crippen LogP contribution in [0.15, 0.2) is 24.3 Å². The van der Waals surface area contributed by atoms with Crippen LogP contribution in [0.1, 0.15) is 31.4 Å².